The van der Waals surface area contributed by atoms with E-state index in [9.17, 15) is 5.11 Å². The number of aromatic nitrogens is 2. The van der Waals surface area contributed by atoms with Gasteiger partial charge in [0.15, 0.2) is 0 Å². The van der Waals surface area contributed by atoms with E-state index >= 15 is 0 Å². The monoisotopic (exact) mass is 228 g/mol. The average Bonchev–Trinajstić information content (AvgIpc) is 2.65. The van der Waals surface area contributed by atoms with Crippen molar-refractivity contribution < 1.29 is 14.4 Å². The molecule has 92 valence electrons. The number of aliphatic hydroxyl groups excluding tert-OH is 1. The van der Waals surface area contributed by atoms with Gasteiger partial charge in [-0.3, -0.25) is 0 Å². The van der Waals surface area contributed by atoms with Crippen LogP contribution in [-0.4, -0.2) is 28.0 Å². The Morgan fingerprint density at radius 1 is 1.44 bits per heavy atom. The lowest BCUT2D eigenvalue weighted by Crippen LogP contribution is -2.23. The van der Waals surface area contributed by atoms with Crippen molar-refractivity contribution in [3.63, 3.8) is 0 Å². The van der Waals surface area contributed by atoms with Gasteiger partial charge in [0.1, 0.15) is 5.60 Å². The zero-order valence-corrected chi connectivity index (χ0v) is 10.5. The molecule has 5 heteroatoms. The summed E-state index contributed by atoms with van der Waals surface area (Å²) in [6, 6.07) is 0. The topological polar surface area (TPSA) is 68.4 Å². The van der Waals surface area contributed by atoms with Gasteiger partial charge in [-0.1, -0.05) is 12.1 Å². The first kappa shape index (κ1) is 13.1. The van der Waals surface area contributed by atoms with Crippen LogP contribution in [0.3, 0.4) is 0 Å². The third kappa shape index (κ3) is 2.80. The van der Waals surface area contributed by atoms with Crippen LogP contribution >= 0.6 is 0 Å². The number of aliphatic hydroxyl groups is 1. The van der Waals surface area contributed by atoms with E-state index in [1.54, 1.807) is 6.92 Å². The van der Waals surface area contributed by atoms with E-state index < -0.39 is 11.7 Å². The van der Waals surface area contributed by atoms with Crippen molar-refractivity contribution in [1.29, 1.82) is 0 Å². The average molecular weight is 228 g/mol. The number of rotatable bonds is 5. The summed E-state index contributed by atoms with van der Waals surface area (Å²) in [5, 5.41) is 13.3. The molecule has 0 aliphatic heterocycles. The van der Waals surface area contributed by atoms with E-state index in [1.165, 1.54) is 0 Å². The molecule has 1 rings (SSSR count). The van der Waals surface area contributed by atoms with E-state index in [1.807, 2.05) is 27.7 Å². The highest BCUT2D eigenvalue weighted by Gasteiger charge is 2.29. The van der Waals surface area contributed by atoms with E-state index in [2.05, 4.69) is 10.1 Å². The zero-order valence-electron chi connectivity index (χ0n) is 10.5. The second-order valence-electron chi connectivity index (χ2n) is 4.43. The second-order valence-corrected chi connectivity index (χ2v) is 4.43. The Balaban J connectivity index is 2.86. The molecule has 0 aromatic carbocycles. The summed E-state index contributed by atoms with van der Waals surface area (Å²) in [6.45, 7) is 9.82. The molecule has 0 saturated carbocycles. The Kier molecular flexibility index (Phi) is 4.04. The number of hydrogen-bond donors (Lipinski definition) is 1. The predicted octanol–water partition coefficient (Wildman–Crippen LogP) is 1.83. The third-order valence-corrected chi connectivity index (χ3v) is 2.60. The summed E-state index contributed by atoms with van der Waals surface area (Å²) in [5.41, 5.74) is -0.561. The molecule has 16 heavy (non-hydrogen) atoms. The van der Waals surface area contributed by atoms with Crippen molar-refractivity contribution >= 4 is 0 Å². The van der Waals surface area contributed by atoms with Gasteiger partial charge in [-0.2, -0.15) is 4.98 Å². The molecule has 0 aliphatic rings. The minimum Gasteiger partial charge on any atom is -0.393 e. The molecule has 0 radical (unpaired) electrons. The van der Waals surface area contributed by atoms with Crippen molar-refractivity contribution in [2.24, 2.45) is 0 Å². The molecule has 0 spiro atoms. The minimum absolute atomic E-state index is 0.168. The first-order valence-corrected chi connectivity index (χ1v) is 5.54. The molecule has 0 fully saturated rings. The molecule has 0 saturated heterocycles. The molecule has 1 heterocycles. The van der Waals surface area contributed by atoms with Gasteiger partial charge in [0, 0.05) is 6.61 Å². The Bertz CT molecular complexity index is 334. The zero-order chi connectivity index (χ0) is 12.3. The maximum absolute atomic E-state index is 9.43. The van der Waals surface area contributed by atoms with Crippen LogP contribution in [0.4, 0.5) is 0 Å². The third-order valence-electron chi connectivity index (χ3n) is 2.60. The molecule has 5 nitrogen and oxygen atoms in total. The molecule has 0 amide bonds. The second kappa shape index (κ2) is 4.93. The normalized spacial score (nSPS) is 16.1. The van der Waals surface area contributed by atoms with Gasteiger partial charge in [0.25, 0.3) is 0 Å². The standard InChI is InChI=1S/C11H20N2O3/c1-6-15-11(4,5)10-12-9(16-13-10)7(2)8(3)14/h7-8,14H,6H2,1-5H3. The van der Waals surface area contributed by atoms with Crippen LogP contribution in [0.15, 0.2) is 4.52 Å². The smallest absolute Gasteiger partial charge is 0.232 e. The van der Waals surface area contributed by atoms with Crippen LogP contribution in [0.2, 0.25) is 0 Å². The lowest BCUT2D eigenvalue weighted by molar-refractivity contribution is -0.0221. The highest BCUT2D eigenvalue weighted by molar-refractivity contribution is 5.00. The van der Waals surface area contributed by atoms with Gasteiger partial charge in [0.2, 0.25) is 11.7 Å². The summed E-state index contributed by atoms with van der Waals surface area (Å²) in [4.78, 5) is 4.26. The van der Waals surface area contributed by atoms with Crippen LogP contribution in [0.25, 0.3) is 0 Å². The van der Waals surface area contributed by atoms with E-state index in [4.69, 9.17) is 9.26 Å². The largest absolute Gasteiger partial charge is 0.393 e. The van der Waals surface area contributed by atoms with Crippen LogP contribution < -0.4 is 0 Å². The number of ether oxygens (including phenoxy) is 1. The van der Waals surface area contributed by atoms with E-state index in [0.717, 1.165) is 0 Å². The number of nitrogens with zero attached hydrogens (tertiary/aromatic N) is 2. The molecular formula is C11H20N2O3. The van der Waals surface area contributed by atoms with Gasteiger partial charge in [-0.15, -0.1) is 0 Å². The van der Waals surface area contributed by atoms with Crippen molar-refractivity contribution in [2.45, 2.75) is 52.2 Å². The van der Waals surface area contributed by atoms with Gasteiger partial charge < -0.3 is 14.4 Å². The van der Waals surface area contributed by atoms with Crippen molar-refractivity contribution in [1.82, 2.24) is 10.1 Å². The van der Waals surface area contributed by atoms with Crippen molar-refractivity contribution in [2.75, 3.05) is 6.61 Å². The summed E-state index contributed by atoms with van der Waals surface area (Å²) in [5.74, 6) is 0.785. The fourth-order valence-electron chi connectivity index (χ4n) is 1.30. The maximum atomic E-state index is 9.43. The first-order valence-electron chi connectivity index (χ1n) is 5.54. The summed E-state index contributed by atoms with van der Waals surface area (Å²) >= 11 is 0. The highest BCUT2D eigenvalue weighted by Crippen LogP contribution is 2.24. The molecule has 1 aromatic heterocycles. The molecule has 1 N–H and O–H groups in total. The summed E-state index contributed by atoms with van der Waals surface area (Å²) in [7, 11) is 0. The molecule has 0 bridgehead atoms. The van der Waals surface area contributed by atoms with E-state index in [-0.39, 0.29) is 5.92 Å². The summed E-state index contributed by atoms with van der Waals surface area (Å²) < 4.78 is 10.6. The van der Waals surface area contributed by atoms with Crippen LogP contribution in [-0.2, 0) is 10.3 Å². The Labute approximate surface area is 95.8 Å². The fourth-order valence-corrected chi connectivity index (χ4v) is 1.30. The quantitative estimate of drug-likeness (QED) is 0.832. The fraction of sp³-hybridized carbons (Fsp3) is 0.818. The van der Waals surface area contributed by atoms with Gasteiger partial charge in [0.05, 0.1) is 12.0 Å². The van der Waals surface area contributed by atoms with Crippen LogP contribution in [0, 0.1) is 0 Å². The van der Waals surface area contributed by atoms with Crippen LogP contribution in [0.1, 0.15) is 52.3 Å². The van der Waals surface area contributed by atoms with Gasteiger partial charge >= 0.3 is 0 Å². The Morgan fingerprint density at radius 2 is 2.06 bits per heavy atom. The molecule has 2 atom stereocenters. The lowest BCUT2D eigenvalue weighted by Gasteiger charge is -2.19. The minimum atomic E-state index is -0.561. The lowest BCUT2D eigenvalue weighted by atomic mass is 10.1. The Morgan fingerprint density at radius 3 is 2.56 bits per heavy atom. The molecule has 0 aliphatic carbocycles. The van der Waals surface area contributed by atoms with Gasteiger partial charge in [-0.25, -0.2) is 0 Å². The number of hydrogen-bond acceptors (Lipinski definition) is 5. The molecule has 1 aromatic rings. The molecule has 2 unspecified atom stereocenters. The van der Waals surface area contributed by atoms with Crippen LogP contribution in [0.5, 0.6) is 0 Å². The van der Waals surface area contributed by atoms with E-state index in [0.29, 0.717) is 18.3 Å². The SMILES string of the molecule is CCOC(C)(C)c1noc(C(C)C(C)O)n1. The maximum Gasteiger partial charge on any atom is 0.232 e. The first-order chi connectivity index (χ1) is 7.38. The summed E-state index contributed by atoms with van der Waals surface area (Å²) in [6.07, 6.45) is -0.511. The Hall–Kier alpha value is -0.940. The highest BCUT2D eigenvalue weighted by atomic mass is 16.5. The molecular weight excluding hydrogens is 208 g/mol. The van der Waals surface area contributed by atoms with Crippen molar-refractivity contribution in [3.8, 4) is 0 Å². The predicted molar refractivity (Wildman–Crippen MR) is 59.0 cm³/mol. The van der Waals surface area contributed by atoms with Gasteiger partial charge in [-0.05, 0) is 27.7 Å². The van der Waals surface area contributed by atoms with Crippen molar-refractivity contribution in [3.05, 3.63) is 11.7 Å².